The zero-order chi connectivity index (χ0) is 11.5. The number of hydrogen-bond donors (Lipinski definition) is 0. The lowest BCUT2D eigenvalue weighted by Crippen LogP contribution is -2.27. The van der Waals surface area contributed by atoms with Crippen molar-refractivity contribution in [2.75, 3.05) is 19.6 Å². The lowest BCUT2D eigenvalue weighted by atomic mass is 10.2. The highest BCUT2D eigenvalue weighted by Gasteiger charge is 2.03. The minimum atomic E-state index is 0. The van der Waals surface area contributed by atoms with Crippen LogP contribution in [-0.2, 0) is 0 Å². The number of halogens is 1. The van der Waals surface area contributed by atoms with E-state index < -0.39 is 0 Å². The van der Waals surface area contributed by atoms with E-state index in [2.05, 4.69) is 32.3 Å². The van der Waals surface area contributed by atoms with Crippen LogP contribution in [0.1, 0.15) is 59.3 Å². The maximum atomic E-state index is 4.01. The van der Waals surface area contributed by atoms with Crippen LogP contribution >= 0.6 is 12.4 Å². The summed E-state index contributed by atoms with van der Waals surface area (Å²) >= 11 is 0. The highest BCUT2D eigenvalue weighted by Crippen LogP contribution is 2.04. The zero-order valence-electron chi connectivity index (χ0n) is 11.4. The topological polar surface area (TPSA) is 3.24 Å². The third-order valence-electron chi connectivity index (χ3n) is 2.65. The normalized spacial score (nSPS) is 10.2. The van der Waals surface area contributed by atoms with Crippen molar-refractivity contribution >= 4 is 12.4 Å². The largest absolute Gasteiger partial charge is 0.299 e. The van der Waals surface area contributed by atoms with Gasteiger partial charge >= 0.3 is 0 Å². The molecule has 0 aromatic heterocycles. The second-order valence-electron chi connectivity index (χ2n) is 4.65. The molecule has 0 fully saturated rings. The van der Waals surface area contributed by atoms with Crippen molar-refractivity contribution in [2.45, 2.75) is 59.3 Å². The summed E-state index contributed by atoms with van der Waals surface area (Å²) in [5.41, 5.74) is 1.29. The molecule has 0 spiro atoms. The Kier molecular flexibility index (Phi) is 15.0. The van der Waals surface area contributed by atoms with Crippen molar-refractivity contribution in [1.82, 2.24) is 4.90 Å². The van der Waals surface area contributed by atoms with Crippen molar-refractivity contribution < 1.29 is 0 Å². The van der Waals surface area contributed by atoms with Crippen LogP contribution in [0, 0.1) is 0 Å². The van der Waals surface area contributed by atoms with Gasteiger partial charge in [0.25, 0.3) is 0 Å². The molecule has 0 radical (unpaired) electrons. The minimum Gasteiger partial charge on any atom is -0.299 e. The van der Waals surface area contributed by atoms with Crippen molar-refractivity contribution in [3.63, 3.8) is 0 Å². The van der Waals surface area contributed by atoms with Gasteiger partial charge in [0, 0.05) is 6.54 Å². The second kappa shape index (κ2) is 13.1. The van der Waals surface area contributed by atoms with E-state index >= 15 is 0 Å². The summed E-state index contributed by atoms with van der Waals surface area (Å²) in [6.45, 7) is 14.3. The lowest BCUT2D eigenvalue weighted by molar-refractivity contribution is 0.283. The summed E-state index contributed by atoms with van der Waals surface area (Å²) in [6, 6.07) is 0. The van der Waals surface area contributed by atoms with Crippen molar-refractivity contribution in [2.24, 2.45) is 0 Å². The summed E-state index contributed by atoms with van der Waals surface area (Å²) in [7, 11) is 0. The van der Waals surface area contributed by atoms with Gasteiger partial charge in [-0.1, -0.05) is 51.7 Å². The molecule has 0 aliphatic carbocycles. The first-order valence-electron chi connectivity index (χ1n) is 6.57. The van der Waals surface area contributed by atoms with Gasteiger partial charge in [-0.25, -0.2) is 0 Å². The fourth-order valence-corrected chi connectivity index (χ4v) is 1.82. The average Bonchev–Trinajstić information content (AvgIpc) is 2.17. The van der Waals surface area contributed by atoms with E-state index in [0.717, 1.165) is 6.54 Å². The molecular weight excluding hydrogens is 218 g/mol. The fourth-order valence-electron chi connectivity index (χ4n) is 1.82. The number of nitrogens with zero attached hydrogens (tertiary/aromatic N) is 1. The second-order valence-corrected chi connectivity index (χ2v) is 4.65. The van der Waals surface area contributed by atoms with Crippen molar-refractivity contribution in [1.29, 1.82) is 0 Å². The van der Waals surface area contributed by atoms with Gasteiger partial charge in [-0.2, -0.15) is 0 Å². The van der Waals surface area contributed by atoms with E-state index in [1.165, 1.54) is 57.2 Å². The fraction of sp³-hybridized carbons (Fsp3) is 0.857. The SMILES string of the molecule is C=C(C)CN(CCCCC)CCCCC.Cl. The molecule has 0 N–H and O–H groups in total. The molecule has 0 bridgehead atoms. The molecule has 0 saturated carbocycles. The van der Waals surface area contributed by atoms with Crippen molar-refractivity contribution in [3.05, 3.63) is 12.2 Å². The van der Waals surface area contributed by atoms with Crippen LogP contribution in [0.4, 0.5) is 0 Å². The minimum absolute atomic E-state index is 0. The van der Waals surface area contributed by atoms with Gasteiger partial charge in [0.15, 0.2) is 0 Å². The molecule has 0 aromatic rings. The summed E-state index contributed by atoms with van der Waals surface area (Å²) in [5, 5.41) is 0. The lowest BCUT2D eigenvalue weighted by Gasteiger charge is -2.22. The van der Waals surface area contributed by atoms with E-state index in [4.69, 9.17) is 0 Å². The van der Waals surface area contributed by atoms with Crippen LogP contribution in [0.2, 0.25) is 0 Å². The van der Waals surface area contributed by atoms with Crippen LogP contribution in [0.3, 0.4) is 0 Å². The van der Waals surface area contributed by atoms with E-state index in [1.54, 1.807) is 0 Å². The summed E-state index contributed by atoms with van der Waals surface area (Å²) < 4.78 is 0. The molecule has 0 atom stereocenters. The van der Waals surface area contributed by atoms with Crippen LogP contribution in [-0.4, -0.2) is 24.5 Å². The van der Waals surface area contributed by atoms with Gasteiger partial charge in [0.2, 0.25) is 0 Å². The molecule has 0 aliphatic heterocycles. The Hall–Kier alpha value is -0.0100. The maximum Gasteiger partial charge on any atom is 0.0187 e. The number of unbranched alkanes of at least 4 members (excludes halogenated alkanes) is 4. The Morgan fingerprint density at radius 2 is 1.38 bits per heavy atom. The quantitative estimate of drug-likeness (QED) is 0.401. The van der Waals surface area contributed by atoms with Crippen LogP contribution in [0.5, 0.6) is 0 Å². The Morgan fingerprint density at radius 3 is 1.69 bits per heavy atom. The molecule has 0 amide bonds. The molecule has 16 heavy (non-hydrogen) atoms. The summed E-state index contributed by atoms with van der Waals surface area (Å²) in [4.78, 5) is 2.56. The van der Waals surface area contributed by atoms with Crippen LogP contribution in [0.25, 0.3) is 0 Å². The van der Waals surface area contributed by atoms with Crippen molar-refractivity contribution in [3.8, 4) is 0 Å². The molecule has 98 valence electrons. The van der Waals surface area contributed by atoms with E-state index in [9.17, 15) is 0 Å². The number of hydrogen-bond acceptors (Lipinski definition) is 1. The molecule has 0 rings (SSSR count). The first-order chi connectivity index (χ1) is 7.20. The predicted octanol–water partition coefficient (Wildman–Crippen LogP) is 4.67. The first kappa shape index (κ1) is 18.4. The van der Waals surface area contributed by atoms with E-state index in [0.29, 0.717) is 0 Å². The van der Waals surface area contributed by atoms with Crippen LogP contribution < -0.4 is 0 Å². The van der Waals surface area contributed by atoms with Gasteiger partial charge < -0.3 is 0 Å². The van der Waals surface area contributed by atoms with Gasteiger partial charge in [-0.05, 0) is 32.9 Å². The van der Waals surface area contributed by atoms with Gasteiger partial charge in [0.1, 0.15) is 0 Å². The Balaban J connectivity index is 0. The monoisotopic (exact) mass is 247 g/mol. The Labute approximate surface area is 109 Å². The Bertz CT molecular complexity index is 147. The summed E-state index contributed by atoms with van der Waals surface area (Å²) in [6.07, 6.45) is 8.04. The van der Waals surface area contributed by atoms with E-state index in [-0.39, 0.29) is 12.4 Å². The molecule has 1 nitrogen and oxygen atoms in total. The van der Waals surface area contributed by atoms with Gasteiger partial charge in [-0.3, -0.25) is 4.90 Å². The summed E-state index contributed by atoms with van der Waals surface area (Å²) in [5.74, 6) is 0. The average molecular weight is 248 g/mol. The van der Waals surface area contributed by atoms with Gasteiger partial charge in [-0.15, -0.1) is 12.4 Å². The maximum absolute atomic E-state index is 4.01. The Morgan fingerprint density at radius 1 is 0.938 bits per heavy atom. The predicted molar refractivity (Wildman–Crippen MR) is 77.6 cm³/mol. The smallest absolute Gasteiger partial charge is 0.0187 e. The highest BCUT2D eigenvalue weighted by atomic mass is 35.5. The molecule has 0 heterocycles. The zero-order valence-corrected chi connectivity index (χ0v) is 12.2. The number of rotatable bonds is 10. The van der Waals surface area contributed by atoms with Crippen LogP contribution in [0.15, 0.2) is 12.2 Å². The molecule has 2 heteroatoms. The highest BCUT2D eigenvalue weighted by molar-refractivity contribution is 5.85. The molecule has 0 aromatic carbocycles. The van der Waals surface area contributed by atoms with Gasteiger partial charge in [0.05, 0.1) is 0 Å². The molecule has 0 saturated heterocycles. The standard InChI is InChI=1S/C14H29N.ClH/c1-5-7-9-11-15(13-14(3)4)12-10-8-6-2;/h3,5-13H2,1-2,4H3;1H. The first-order valence-corrected chi connectivity index (χ1v) is 6.57. The third-order valence-corrected chi connectivity index (χ3v) is 2.65. The molecule has 0 aliphatic rings. The molecule has 0 unspecified atom stereocenters. The molecular formula is C14H30ClN. The van der Waals surface area contributed by atoms with E-state index in [1.807, 2.05) is 0 Å². The third kappa shape index (κ3) is 12.1.